The molecule has 58 heavy (non-hydrogen) atoms. The quantitative estimate of drug-likeness (QED) is 0.181. The van der Waals surface area contributed by atoms with Crippen molar-refractivity contribution >= 4 is 41.3 Å². The molecule has 11 nitrogen and oxygen atoms in total. The number of nitrogens with two attached hydrogens (primary N) is 2. The van der Waals surface area contributed by atoms with Gasteiger partial charge < -0.3 is 40.3 Å². The van der Waals surface area contributed by atoms with Gasteiger partial charge in [-0.3, -0.25) is 14.4 Å². The summed E-state index contributed by atoms with van der Waals surface area (Å²) in [5.41, 5.74) is 18.3. The van der Waals surface area contributed by atoms with Crippen molar-refractivity contribution in [2.45, 2.75) is 68.5 Å². The standard InChI is InChI=1S/C46H48BN5O6/c48-26-29-3-1-4-32(21-29)31-13-17-51(18-14-31)42(53)33-5-2-6-36(23-33)46(35-8-9-35)44(55)57-47(58-46)37-10-11-39-34(24-37)25-40(50-39)43(54)52-19-15-45(16-20-52)28-56-41-12-7-30(27-49)22-38(41)45/h1-7,10-12,21-25,31,35,50H,8-9,13-20,26-28,48-49H2/t46-/m1/s1. The van der Waals surface area contributed by atoms with Crippen LogP contribution in [0.25, 0.3) is 10.9 Å². The third-order valence-electron chi connectivity index (χ3n) is 13.5. The Morgan fingerprint density at radius 2 is 1.55 bits per heavy atom. The van der Waals surface area contributed by atoms with Crippen LogP contribution in [0.5, 0.6) is 5.75 Å². The first-order valence-electron chi connectivity index (χ1n) is 20.7. The molecule has 4 aromatic carbocycles. The Morgan fingerprint density at radius 3 is 2.33 bits per heavy atom. The number of H-pyrrole nitrogens is 1. The maximum atomic E-state index is 14.0. The molecule has 2 amide bonds. The Bertz CT molecular complexity index is 2430. The molecule has 1 aliphatic carbocycles. The summed E-state index contributed by atoms with van der Waals surface area (Å²) in [4.78, 5) is 48.8. The molecule has 5 aromatic rings. The van der Waals surface area contributed by atoms with Crippen molar-refractivity contribution in [1.29, 1.82) is 0 Å². The van der Waals surface area contributed by atoms with Gasteiger partial charge in [-0.1, -0.05) is 60.7 Å². The van der Waals surface area contributed by atoms with E-state index >= 15 is 0 Å². The second kappa shape index (κ2) is 14.4. The molecule has 0 radical (unpaired) electrons. The van der Waals surface area contributed by atoms with Gasteiger partial charge in [0.2, 0.25) is 0 Å². The van der Waals surface area contributed by atoms with E-state index in [9.17, 15) is 14.4 Å². The third kappa shape index (κ3) is 6.29. The van der Waals surface area contributed by atoms with Crippen molar-refractivity contribution in [3.05, 3.63) is 130 Å². The average Bonchev–Trinajstić information content (AvgIpc) is 3.82. The highest BCUT2D eigenvalue weighted by molar-refractivity contribution is 6.65. The van der Waals surface area contributed by atoms with Gasteiger partial charge in [-0.25, -0.2) is 0 Å². The van der Waals surface area contributed by atoms with E-state index in [0.717, 1.165) is 66.3 Å². The number of hydrogen-bond acceptors (Lipinski definition) is 8. The average molecular weight is 778 g/mol. The lowest BCUT2D eigenvalue weighted by Gasteiger charge is -2.38. The van der Waals surface area contributed by atoms with Gasteiger partial charge >= 0.3 is 13.1 Å². The van der Waals surface area contributed by atoms with E-state index in [1.807, 2.05) is 76.5 Å². The van der Waals surface area contributed by atoms with Gasteiger partial charge in [0, 0.05) is 67.2 Å². The molecule has 4 aliphatic heterocycles. The Balaban J connectivity index is 0.826. The molecule has 5 aliphatic rings. The number of ether oxygens (including phenoxy) is 1. The molecule has 0 bridgehead atoms. The van der Waals surface area contributed by atoms with Gasteiger partial charge in [0.1, 0.15) is 11.4 Å². The minimum Gasteiger partial charge on any atom is -0.503 e. The van der Waals surface area contributed by atoms with Crippen molar-refractivity contribution in [2.75, 3.05) is 32.8 Å². The van der Waals surface area contributed by atoms with Gasteiger partial charge in [0.25, 0.3) is 11.8 Å². The second-order valence-corrected chi connectivity index (χ2v) is 16.9. The van der Waals surface area contributed by atoms with Crippen LogP contribution in [0.3, 0.4) is 0 Å². The maximum Gasteiger partial charge on any atom is 0.565 e. The van der Waals surface area contributed by atoms with Crippen LogP contribution in [0.1, 0.15) is 93.1 Å². The number of rotatable bonds is 8. The van der Waals surface area contributed by atoms with Crippen LogP contribution in [-0.4, -0.2) is 72.5 Å². The number of nitrogens with zero attached hydrogens (tertiary/aromatic N) is 2. The second-order valence-electron chi connectivity index (χ2n) is 16.9. The fourth-order valence-corrected chi connectivity index (χ4v) is 9.86. The Hall–Kier alpha value is -5.43. The first-order chi connectivity index (χ1) is 28.3. The SMILES string of the molecule is NCc1cccc(C2CCN(C(=O)c3cccc([C@@]4(C5CC5)OB(c5ccc6[nH]c(C(=O)N7CCC8(CC7)COc7ccc(CN)cc78)cc6c5)OC4=O)c3)CC2)c1. The number of amides is 2. The summed E-state index contributed by atoms with van der Waals surface area (Å²) in [6, 6.07) is 29.6. The summed E-state index contributed by atoms with van der Waals surface area (Å²) in [5.74, 6) is 0.729. The number of fused-ring (bicyclic) bond motifs is 3. The van der Waals surface area contributed by atoms with Gasteiger partial charge in [-0.05, 0) is 108 Å². The largest absolute Gasteiger partial charge is 0.565 e. The molecule has 296 valence electrons. The lowest BCUT2D eigenvalue weighted by molar-refractivity contribution is -0.145. The van der Waals surface area contributed by atoms with Crippen LogP contribution in [0.15, 0.2) is 91.0 Å². The molecule has 12 heteroatoms. The number of aromatic nitrogens is 1. The third-order valence-corrected chi connectivity index (χ3v) is 13.5. The summed E-state index contributed by atoms with van der Waals surface area (Å²) in [5, 5.41) is 0.828. The zero-order valence-corrected chi connectivity index (χ0v) is 32.6. The zero-order chi connectivity index (χ0) is 39.6. The van der Waals surface area contributed by atoms with E-state index in [1.165, 1.54) is 11.1 Å². The summed E-state index contributed by atoms with van der Waals surface area (Å²) < 4.78 is 18.8. The molecule has 4 fully saturated rings. The van der Waals surface area contributed by atoms with Crippen LogP contribution < -0.4 is 21.7 Å². The summed E-state index contributed by atoms with van der Waals surface area (Å²) in [6.07, 6.45) is 5.05. The van der Waals surface area contributed by atoms with Crippen molar-refractivity contribution in [2.24, 2.45) is 17.4 Å². The molecule has 5 heterocycles. The highest BCUT2D eigenvalue weighted by Gasteiger charge is 2.62. The number of carbonyl (C=O) groups excluding carboxylic acids is 3. The fourth-order valence-electron chi connectivity index (χ4n) is 9.86. The van der Waals surface area contributed by atoms with E-state index in [4.69, 9.17) is 25.5 Å². The van der Waals surface area contributed by atoms with Crippen LogP contribution >= 0.6 is 0 Å². The molecule has 1 aromatic heterocycles. The number of likely N-dealkylation sites (tertiary alicyclic amines) is 2. The maximum absolute atomic E-state index is 14.0. The predicted octanol–water partition coefficient (Wildman–Crippen LogP) is 5.25. The normalized spacial score (nSPS) is 21.7. The molecule has 1 spiro atoms. The van der Waals surface area contributed by atoms with Crippen molar-refractivity contribution in [3.8, 4) is 5.75 Å². The topological polar surface area (TPSA) is 153 Å². The molecule has 5 N–H and O–H groups in total. The molecular weight excluding hydrogens is 729 g/mol. The van der Waals surface area contributed by atoms with E-state index in [2.05, 4.69) is 29.2 Å². The first-order valence-corrected chi connectivity index (χ1v) is 20.7. The highest BCUT2D eigenvalue weighted by Crippen LogP contribution is 2.52. The number of nitrogens with one attached hydrogen (secondary N) is 1. The Morgan fingerprint density at radius 1 is 0.793 bits per heavy atom. The molecule has 1 atom stereocenters. The molecule has 0 unspecified atom stereocenters. The van der Waals surface area contributed by atoms with E-state index in [1.54, 1.807) is 0 Å². The zero-order valence-electron chi connectivity index (χ0n) is 32.6. The van der Waals surface area contributed by atoms with Crippen LogP contribution in [0.2, 0.25) is 0 Å². The van der Waals surface area contributed by atoms with Crippen LogP contribution in [0, 0.1) is 5.92 Å². The minimum atomic E-state index is -1.31. The highest BCUT2D eigenvalue weighted by atomic mass is 16.7. The molecule has 3 saturated heterocycles. The van der Waals surface area contributed by atoms with Gasteiger partial charge in [-0.15, -0.1) is 0 Å². The number of carbonyl (C=O) groups is 3. The number of aromatic amines is 1. The lowest BCUT2D eigenvalue weighted by Crippen LogP contribution is -2.46. The lowest BCUT2D eigenvalue weighted by atomic mass is 9.74. The van der Waals surface area contributed by atoms with Crippen molar-refractivity contribution < 1.29 is 28.4 Å². The number of piperidine rings is 2. The Kier molecular flexibility index (Phi) is 9.18. The van der Waals surface area contributed by atoms with Gasteiger partial charge in [0.15, 0.2) is 5.60 Å². The van der Waals surface area contributed by atoms with Crippen molar-refractivity contribution in [3.63, 3.8) is 0 Å². The van der Waals surface area contributed by atoms with Gasteiger partial charge in [0.05, 0.1) is 6.61 Å². The van der Waals surface area contributed by atoms with Gasteiger partial charge in [-0.2, -0.15) is 0 Å². The van der Waals surface area contributed by atoms with Crippen LogP contribution in [-0.2, 0) is 38.2 Å². The minimum absolute atomic E-state index is 0.0452. The summed E-state index contributed by atoms with van der Waals surface area (Å²) in [7, 11) is -0.933. The van der Waals surface area contributed by atoms with E-state index in [-0.39, 0.29) is 23.1 Å². The molecular formula is C46H48BN5O6. The molecule has 1 saturated carbocycles. The first kappa shape index (κ1) is 36.9. The number of benzene rings is 4. The summed E-state index contributed by atoms with van der Waals surface area (Å²) >= 11 is 0. The molecule has 10 rings (SSSR count). The van der Waals surface area contributed by atoms with E-state index < -0.39 is 18.7 Å². The fraction of sp³-hybridized carbons (Fsp3) is 0.370. The van der Waals surface area contributed by atoms with E-state index in [0.29, 0.717) is 74.1 Å². The van der Waals surface area contributed by atoms with Crippen LogP contribution in [0.4, 0.5) is 0 Å². The monoisotopic (exact) mass is 777 g/mol. The number of hydrogen-bond donors (Lipinski definition) is 3. The van der Waals surface area contributed by atoms with Crippen molar-refractivity contribution in [1.82, 2.24) is 14.8 Å². The smallest absolute Gasteiger partial charge is 0.503 e. The summed E-state index contributed by atoms with van der Waals surface area (Å²) in [6.45, 7) is 4.18. The predicted molar refractivity (Wildman–Crippen MR) is 221 cm³/mol. The Labute approximate surface area is 338 Å².